The summed E-state index contributed by atoms with van der Waals surface area (Å²) < 4.78 is 19.5. The molecule has 3 N–H and O–H groups in total. The van der Waals surface area contributed by atoms with Gasteiger partial charge in [-0.1, -0.05) is 6.42 Å². The number of aromatic nitrogens is 3. The van der Waals surface area contributed by atoms with E-state index in [1.165, 1.54) is 6.07 Å². The molecule has 0 aliphatic carbocycles. The summed E-state index contributed by atoms with van der Waals surface area (Å²) in [7, 11) is 1.69. The van der Waals surface area contributed by atoms with Crippen molar-refractivity contribution in [2.24, 2.45) is 4.99 Å². The van der Waals surface area contributed by atoms with E-state index in [2.05, 4.69) is 41.9 Å². The Bertz CT molecular complexity index is 1030. The molecule has 3 aromatic rings. The molecular weight excluding hydrogens is 373 g/mol. The number of anilines is 1. The van der Waals surface area contributed by atoms with Crippen LogP contribution in [0.25, 0.3) is 11.1 Å². The molecule has 9 heteroatoms. The van der Waals surface area contributed by atoms with E-state index in [-0.39, 0.29) is 12.4 Å². The molecule has 8 nitrogen and oxygen atoms in total. The molecule has 0 amide bonds. The van der Waals surface area contributed by atoms with Crippen molar-refractivity contribution in [3.8, 4) is 12.5 Å². The minimum absolute atomic E-state index is 0.204. The fourth-order valence-electron chi connectivity index (χ4n) is 2.69. The number of halogens is 1. The highest BCUT2D eigenvalue weighted by molar-refractivity contribution is 5.84. The van der Waals surface area contributed by atoms with Gasteiger partial charge in [-0.05, 0) is 12.1 Å². The Morgan fingerprint density at radius 2 is 2.17 bits per heavy atom. The Morgan fingerprint density at radius 3 is 2.97 bits per heavy atom. The zero-order chi connectivity index (χ0) is 20.5. The largest absolute Gasteiger partial charge is 0.440 e. The van der Waals surface area contributed by atoms with Crippen LogP contribution in [-0.2, 0) is 13.0 Å². The van der Waals surface area contributed by atoms with Gasteiger partial charge in [-0.3, -0.25) is 9.98 Å². The minimum Gasteiger partial charge on any atom is -0.440 e. The van der Waals surface area contributed by atoms with Crippen LogP contribution in [0, 0.1) is 18.3 Å². The Labute approximate surface area is 168 Å². The molecule has 0 saturated carbocycles. The molecule has 0 aliphatic rings. The highest BCUT2D eigenvalue weighted by atomic mass is 19.1. The fraction of sp³-hybridized carbons (Fsp3) is 0.300. The SMILES string of the molecule is C#CNC(CCNCCc1nc2c(NCc3ncccc3F)nccc2o1)=NC. The van der Waals surface area contributed by atoms with Crippen LogP contribution in [0.2, 0.25) is 0 Å². The lowest BCUT2D eigenvalue weighted by Crippen LogP contribution is -2.26. The summed E-state index contributed by atoms with van der Waals surface area (Å²) in [5.41, 5.74) is 1.55. The number of terminal acetylenes is 1. The number of fused-ring (bicyclic) bond motifs is 1. The topological polar surface area (TPSA) is 100 Å². The van der Waals surface area contributed by atoms with Gasteiger partial charge in [0, 0.05) is 57.5 Å². The predicted octanol–water partition coefficient (Wildman–Crippen LogP) is 2.10. The number of rotatable bonds is 9. The average molecular weight is 395 g/mol. The van der Waals surface area contributed by atoms with Gasteiger partial charge >= 0.3 is 0 Å². The molecule has 150 valence electrons. The van der Waals surface area contributed by atoms with Crippen molar-refractivity contribution in [2.45, 2.75) is 19.4 Å². The molecule has 0 aromatic carbocycles. The van der Waals surface area contributed by atoms with Crippen molar-refractivity contribution in [2.75, 3.05) is 25.5 Å². The van der Waals surface area contributed by atoms with E-state index in [1.54, 1.807) is 31.6 Å². The van der Waals surface area contributed by atoms with Gasteiger partial charge < -0.3 is 20.4 Å². The highest BCUT2D eigenvalue weighted by Gasteiger charge is 2.12. The first-order chi connectivity index (χ1) is 14.2. The third-order valence-electron chi connectivity index (χ3n) is 4.15. The second-order valence-corrected chi connectivity index (χ2v) is 6.09. The van der Waals surface area contributed by atoms with E-state index in [4.69, 9.17) is 10.8 Å². The van der Waals surface area contributed by atoms with Gasteiger partial charge in [0.05, 0.1) is 12.2 Å². The Hall–Kier alpha value is -3.51. The number of hydrogen-bond acceptors (Lipinski definition) is 7. The smallest absolute Gasteiger partial charge is 0.196 e. The van der Waals surface area contributed by atoms with Gasteiger partial charge in [-0.2, -0.15) is 0 Å². The molecule has 3 heterocycles. The molecule has 3 aromatic heterocycles. The molecule has 0 bridgehead atoms. The minimum atomic E-state index is -0.368. The molecule has 29 heavy (non-hydrogen) atoms. The molecule has 0 spiro atoms. The third kappa shape index (κ3) is 5.49. The Kier molecular flexibility index (Phi) is 7.08. The van der Waals surface area contributed by atoms with Crippen LogP contribution in [0.5, 0.6) is 0 Å². The summed E-state index contributed by atoms with van der Waals surface area (Å²) in [4.78, 5) is 16.9. The lowest BCUT2D eigenvalue weighted by Gasteiger charge is -2.05. The van der Waals surface area contributed by atoms with Gasteiger partial charge in [0.2, 0.25) is 0 Å². The van der Waals surface area contributed by atoms with E-state index in [1.807, 2.05) is 0 Å². The number of nitrogens with one attached hydrogen (secondary N) is 3. The van der Waals surface area contributed by atoms with Crippen LogP contribution in [0.3, 0.4) is 0 Å². The summed E-state index contributed by atoms with van der Waals surface area (Å²) in [5.74, 6) is 1.51. The van der Waals surface area contributed by atoms with Gasteiger partial charge in [0.1, 0.15) is 11.7 Å². The summed E-state index contributed by atoms with van der Waals surface area (Å²) in [5, 5.41) is 9.13. The number of hydrogen-bond donors (Lipinski definition) is 3. The van der Waals surface area contributed by atoms with E-state index in [0.29, 0.717) is 47.9 Å². The van der Waals surface area contributed by atoms with Gasteiger partial charge in [-0.15, -0.1) is 0 Å². The normalized spacial score (nSPS) is 11.4. The van der Waals surface area contributed by atoms with Gasteiger partial charge in [-0.25, -0.2) is 14.4 Å². The van der Waals surface area contributed by atoms with Crippen LogP contribution in [0.15, 0.2) is 40.0 Å². The Balaban J connectivity index is 1.55. The first kappa shape index (κ1) is 20.2. The van der Waals surface area contributed by atoms with Gasteiger partial charge in [0.15, 0.2) is 22.8 Å². The number of aliphatic imine (C=N–C) groups is 1. The lowest BCUT2D eigenvalue weighted by atomic mass is 10.3. The Morgan fingerprint density at radius 1 is 1.28 bits per heavy atom. The zero-order valence-electron chi connectivity index (χ0n) is 16.1. The van der Waals surface area contributed by atoms with Crippen LogP contribution < -0.4 is 16.0 Å². The number of oxazole rings is 1. The first-order valence-corrected chi connectivity index (χ1v) is 9.17. The number of pyridine rings is 2. The summed E-state index contributed by atoms with van der Waals surface area (Å²) in [6.45, 7) is 1.62. The molecule has 0 aliphatic heterocycles. The molecule has 0 radical (unpaired) electrons. The maximum absolute atomic E-state index is 13.7. The fourth-order valence-corrected chi connectivity index (χ4v) is 2.69. The second kappa shape index (κ2) is 10.1. The molecule has 3 rings (SSSR count). The van der Waals surface area contributed by atoms with Gasteiger partial charge in [0.25, 0.3) is 0 Å². The summed E-state index contributed by atoms with van der Waals surface area (Å²) in [6, 6.07) is 7.04. The molecular formula is C20H22FN7O. The van der Waals surface area contributed by atoms with Crippen molar-refractivity contribution in [3.05, 3.63) is 48.0 Å². The van der Waals surface area contributed by atoms with Crippen molar-refractivity contribution in [1.29, 1.82) is 0 Å². The van der Waals surface area contributed by atoms with Crippen LogP contribution in [-0.4, -0.2) is 40.9 Å². The van der Waals surface area contributed by atoms with Crippen molar-refractivity contribution < 1.29 is 8.81 Å². The van der Waals surface area contributed by atoms with Crippen LogP contribution in [0.4, 0.5) is 10.2 Å². The standard InChI is InChI=1S/C20H22FN7O/c1-3-24-17(22-2)7-10-23-11-8-18-28-19-16(29-18)6-12-26-20(19)27-13-15-14(21)5-4-9-25-15/h1,4-6,9,12,23H,7-8,10-11,13H2,2H3,(H,22,24)(H,26,27). The highest BCUT2D eigenvalue weighted by Crippen LogP contribution is 2.22. The lowest BCUT2D eigenvalue weighted by molar-refractivity contribution is 0.516. The predicted molar refractivity (Wildman–Crippen MR) is 110 cm³/mol. The molecule has 0 saturated heterocycles. The number of amidine groups is 1. The first-order valence-electron chi connectivity index (χ1n) is 9.17. The van der Waals surface area contributed by atoms with E-state index in [9.17, 15) is 4.39 Å². The van der Waals surface area contributed by atoms with Crippen LogP contribution >= 0.6 is 0 Å². The van der Waals surface area contributed by atoms with Crippen LogP contribution in [0.1, 0.15) is 18.0 Å². The molecule has 0 fully saturated rings. The van der Waals surface area contributed by atoms with E-state index in [0.717, 1.165) is 12.4 Å². The monoisotopic (exact) mass is 395 g/mol. The molecule has 0 atom stereocenters. The summed E-state index contributed by atoms with van der Waals surface area (Å²) >= 11 is 0. The third-order valence-corrected chi connectivity index (χ3v) is 4.15. The average Bonchev–Trinajstić information content (AvgIpc) is 3.15. The van der Waals surface area contributed by atoms with E-state index < -0.39 is 0 Å². The number of nitrogens with zero attached hydrogens (tertiary/aromatic N) is 4. The van der Waals surface area contributed by atoms with Crippen molar-refractivity contribution >= 4 is 22.8 Å². The van der Waals surface area contributed by atoms with E-state index >= 15 is 0 Å². The maximum Gasteiger partial charge on any atom is 0.196 e. The molecule has 0 unspecified atom stereocenters. The van der Waals surface area contributed by atoms with Crippen molar-refractivity contribution in [1.82, 2.24) is 25.6 Å². The quantitative estimate of drug-likeness (QED) is 0.168. The maximum atomic E-state index is 13.7. The van der Waals surface area contributed by atoms with Crippen molar-refractivity contribution in [3.63, 3.8) is 0 Å². The second-order valence-electron chi connectivity index (χ2n) is 6.09. The summed E-state index contributed by atoms with van der Waals surface area (Å²) in [6.07, 6.45) is 9.70. The zero-order valence-corrected chi connectivity index (χ0v) is 16.1.